The van der Waals surface area contributed by atoms with E-state index in [0.29, 0.717) is 50.8 Å². The number of amides is 4. The van der Waals surface area contributed by atoms with Crippen LogP contribution in [0.5, 0.6) is 0 Å². The molecule has 7 atom stereocenters. The van der Waals surface area contributed by atoms with Crippen LogP contribution in [0.15, 0.2) is 60.7 Å². The summed E-state index contributed by atoms with van der Waals surface area (Å²) < 4.78 is 4.60. The molecule has 0 aliphatic carbocycles. The molecule has 2 aromatic rings. The third-order valence-electron chi connectivity index (χ3n) is 11.0. The van der Waals surface area contributed by atoms with E-state index in [4.69, 9.17) is 4.74 Å². The molecule has 4 aliphatic heterocycles. The Morgan fingerprint density at radius 2 is 1.40 bits per heavy atom. The minimum Gasteiger partial charge on any atom is -0.467 e. The van der Waals surface area contributed by atoms with Gasteiger partial charge in [-0.15, -0.1) is 23.5 Å². The molecule has 0 aromatic heterocycles. The standard InChI is InChI=1S/C40H52N4O6S2/c1-40(2)34(38(48)43-22-11-18-32(43)52-40)42-36(46)29(25-27-14-8-5-9-15-27)20-19-28(24-26-12-6-4-7-13-26)35(45)41-30-21-23-51-33-17-10-16-31(39(49)50-3)44(33)37(30)47/h4-9,12-15,28-34H,10-11,16-25H2,1-3H3,(H,41,45)(H,42,46). The fourth-order valence-corrected chi connectivity index (χ4v) is 11.2. The third-order valence-corrected chi connectivity index (χ3v) is 14.0. The molecule has 52 heavy (non-hydrogen) atoms. The number of esters is 1. The molecular formula is C40H52N4O6S2. The number of ether oxygens (including phenoxy) is 1. The molecule has 2 aromatic carbocycles. The number of hydrogen-bond donors (Lipinski definition) is 2. The smallest absolute Gasteiger partial charge is 0.328 e. The van der Waals surface area contributed by atoms with Gasteiger partial charge in [-0.25, -0.2) is 4.79 Å². The minimum absolute atomic E-state index is 0.0176. The Labute approximate surface area is 315 Å². The maximum Gasteiger partial charge on any atom is 0.328 e. The molecule has 280 valence electrons. The van der Waals surface area contributed by atoms with Gasteiger partial charge in [-0.05, 0) is 94.9 Å². The topological polar surface area (TPSA) is 125 Å². The number of fused-ring (bicyclic) bond motifs is 2. The van der Waals surface area contributed by atoms with Crippen LogP contribution in [0, 0.1) is 11.8 Å². The van der Waals surface area contributed by atoms with E-state index in [1.807, 2.05) is 79.4 Å². The average molecular weight is 749 g/mol. The molecule has 0 spiro atoms. The van der Waals surface area contributed by atoms with Crippen LogP contribution in [-0.2, 0) is 41.6 Å². The maximum absolute atomic E-state index is 14.3. The summed E-state index contributed by atoms with van der Waals surface area (Å²) in [7, 11) is 1.34. The second kappa shape index (κ2) is 17.1. The maximum atomic E-state index is 14.3. The molecule has 0 radical (unpaired) electrons. The number of rotatable bonds is 12. The quantitative estimate of drug-likeness (QED) is 0.293. The summed E-state index contributed by atoms with van der Waals surface area (Å²) in [5, 5.41) is 6.30. The predicted octanol–water partition coefficient (Wildman–Crippen LogP) is 4.95. The summed E-state index contributed by atoms with van der Waals surface area (Å²) in [6, 6.07) is 17.6. The molecule has 6 rings (SSSR count). The van der Waals surface area contributed by atoms with Crippen molar-refractivity contribution in [1.29, 1.82) is 0 Å². The summed E-state index contributed by atoms with van der Waals surface area (Å²) in [5.74, 6) is -1.42. The summed E-state index contributed by atoms with van der Waals surface area (Å²) in [6.45, 7) is 4.79. The molecule has 0 bridgehead atoms. The zero-order valence-electron chi connectivity index (χ0n) is 30.5. The van der Waals surface area contributed by atoms with Gasteiger partial charge >= 0.3 is 5.97 Å². The first-order valence-corrected chi connectivity index (χ1v) is 20.7. The molecule has 2 N–H and O–H groups in total. The van der Waals surface area contributed by atoms with Gasteiger partial charge in [0.2, 0.25) is 23.6 Å². The van der Waals surface area contributed by atoms with Gasteiger partial charge in [0.1, 0.15) is 18.1 Å². The molecule has 7 unspecified atom stereocenters. The Kier molecular flexibility index (Phi) is 12.6. The van der Waals surface area contributed by atoms with E-state index in [2.05, 4.69) is 10.6 Å². The van der Waals surface area contributed by atoms with Crippen LogP contribution in [0.3, 0.4) is 0 Å². The summed E-state index contributed by atoms with van der Waals surface area (Å²) in [6.07, 6.45) is 6.31. The van der Waals surface area contributed by atoms with Gasteiger partial charge < -0.3 is 25.2 Å². The highest BCUT2D eigenvalue weighted by molar-refractivity contribution is 8.01. The van der Waals surface area contributed by atoms with Crippen LogP contribution in [-0.4, -0.2) is 92.4 Å². The number of carbonyl (C=O) groups excluding carboxylic acids is 5. The summed E-state index contributed by atoms with van der Waals surface area (Å²) in [5.41, 5.74) is 2.00. The van der Waals surface area contributed by atoms with Crippen molar-refractivity contribution in [2.75, 3.05) is 19.4 Å². The number of nitrogens with zero attached hydrogens (tertiary/aromatic N) is 2. The van der Waals surface area contributed by atoms with Crippen molar-refractivity contribution < 1.29 is 28.7 Å². The first kappa shape index (κ1) is 38.2. The third kappa shape index (κ3) is 8.81. The fourth-order valence-electron chi connectivity index (χ4n) is 8.18. The van der Waals surface area contributed by atoms with Gasteiger partial charge in [-0.2, -0.15) is 0 Å². The molecule has 4 fully saturated rings. The Balaban J connectivity index is 1.20. The Hall–Kier alpha value is -3.51. The van der Waals surface area contributed by atoms with E-state index in [0.717, 1.165) is 36.8 Å². The van der Waals surface area contributed by atoms with E-state index >= 15 is 0 Å². The molecule has 4 saturated heterocycles. The number of carbonyl (C=O) groups is 5. The lowest BCUT2D eigenvalue weighted by Crippen LogP contribution is -2.63. The van der Waals surface area contributed by atoms with Crippen LogP contribution in [0.4, 0.5) is 0 Å². The second-order valence-corrected chi connectivity index (χ2v) is 18.2. The van der Waals surface area contributed by atoms with Crippen LogP contribution < -0.4 is 10.6 Å². The number of thioether (sulfide) groups is 2. The first-order chi connectivity index (χ1) is 25.1. The minimum atomic E-state index is -0.761. The van der Waals surface area contributed by atoms with Gasteiger partial charge in [0.15, 0.2) is 0 Å². The van der Waals surface area contributed by atoms with Crippen LogP contribution in [0.25, 0.3) is 0 Å². The summed E-state index contributed by atoms with van der Waals surface area (Å²) >= 11 is 3.42. The molecule has 4 amide bonds. The second-order valence-electron chi connectivity index (χ2n) is 15.0. The lowest BCUT2D eigenvalue weighted by molar-refractivity contribution is -0.156. The van der Waals surface area contributed by atoms with Gasteiger partial charge in [-0.1, -0.05) is 60.7 Å². The molecule has 4 aliphatic rings. The SMILES string of the molecule is COC(=O)C1CCCC2SCCC(NC(=O)C(CCC(Cc3ccccc3)C(=O)NC3C(=O)N4CCCC4SC3(C)C)Cc3ccccc3)C(=O)N21. The number of nitrogens with one attached hydrogen (secondary N) is 2. The van der Waals surface area contributed by atoms with Gasteiger partial charge in [-0.3, -0.25) is 19.2 Å². The zero-order valence-corrected chi connectivity index (χ0v) is 32.1. The molecule has 12 heteroatoms. The van der Waals surface area contributed by atoms with Crippen molar-refractivity contribution in [2.45, 2.75) is 112 Å². The molecule has 4 heterocycles. The van der Waals surface area contributed by atoms with E-state index in [1.165, 1.54) is 7.11 Å². The lowest BCUT2D eigenvalue weighted by atomic mass is 9.86. The number of piperidine rings is 1. The highest BCUT2D eigenvalue weighted by atomic mass is 32.2. The van der Waals surface area contributed by atoms with Crippen LogP contribution in [0.1, 0.15) is 76.3 Å². The van der Waals surface area contributed by atoms with Crippen molar-refractivity contribution in [3.05, 3.63) is 71.8 Å². The van der Waals surface area contributed by atoms with Gasteiger partial charge in [0, 0.05) is 23.1 Å². The van der Waals surface area contributed by atoms with Gasteiger partial charge in [0.05, 0.1) is 17.9 Å². The van der Waals surface area contributed by atoms with E-state index in [-0.39, 0.29) is 34.4 Å². The molecular weight excluding hydrogens is 697 g/mol. The normalized spacial score (nSPS) is 26.7. The zero-order chi connectivity index (χ0) is 36.8. The van der Waals surface area contributed by atoms with Crippen molar-refractivity contribution >= 4 is 53.1 Å². The first-order valence-electron chi connectivity index (χ1n) is 18.7. The van der Waals surface area contributed by atoms with Crippen molar-refractivity contribution in [3.63, 3.8) is 0 Å². The van der Waals surface area contributed by atoms with Gasteiger partial charge in [0.25, 0.3) is 0 Å². The number of methoxy groups -OCH3 is 1. The van der Waals surface area contributed by atoms with Crippen molar-refractivity contribution in [3.8, 4) is 0 Å². The highest BCUT2D eigenvalue weighted by Crippen LogP contribution is 2.44. The van der Waals surface area contributed by atoms with Crippen molar-refractivity contribution in [2.24, 2.45) is 11.8 Å². The summed E-state index contributed by atoms with van der Waals surface area (Å²) in [4.78, 5) is 72.5. The van der Waals surface area contributed by atoms with Crippen LogP contribution in [0.2, 0.25) is 0 Å². The number of benzene rings is 2. The Morgan fingerprint density at radius 3 is 2.02 bits per heavy atom. The fraction of sp³-hybridized carbons (Fsp3) is 0.575. The Bertz CT molecular complexity index is 1590. The molecule has 10 nitrogen and oxygen atoms in total. The predicted molar refractivity (Wildman–Crippen MR) is 204 cm³/mol. The lowest BCUT2D eigenvalue weighted by Gasteiger charge is -2.45. The monoisotopic (exact) mass is 748 g/mol. The van der Waals surface area contributed by atoms with E-state index in [1.54, 1.807) is 28.4 Å². The Morgan fingerprint density at radius 1 is 0.808 bits per heavy atom. The highest BCUT2D eigenvalue weighted by Gasteiger charge is 2.50. The molecule has 0 saturated carbocycles. The van der Waals surface area contributed by atoms with E-state index in [9.17, 15) is 24.0 Å². The van der Waals surface area contributed by atoms with E-state index < -0.39 is 40.7 Å². The van der Waals surface area contributed by atoms with Crippen molar-refractivity contribution in [1.82, 2.24) is 20.4 Å². The van der Waals surface area contributed by atoms with Crippen LogP contribution >= 0.6 is 23.5 Å². The largest absolute Gasteiger partial charge is 0.467 e. The number of hydrogen-bond acceptors (Lipinski definition) is 8. The average Bonchev–Trinajstić information content (AvgIpc) is 3.55.